The maximum Gasteiger partial charge on any atom is 0.316 e. The van der Waals surface area contributed by atoms with Gasteiger partial charge in [-0.25, -0.2) is 0 Å². The van der Waals surface area contributed by atoms with Crippen molar-refractivity contribution < 1.29 is 19.1 Å². The van der Waals surface area contributed by atoms with Crippen molar-refractivity contribution in [1.29, 1.82) is 0 Å². The molecule has 0 saturated carbocycles. The van der Waals surface area contributed by atoms with Gasteiger partial charge in [-0.05, 0) is 6.92 Å². The summed E-state index contributed by atoms with van der Waals surface area (Å²) < 4.78 is 10.7. The number of nitrogens with one attached hydrogen (secondary N) is 2. The second-order valence-corrected chi connectivity index (χ2v) is 6.65. The predicted molar refractivity (Wildman–Crippen MR) is 83.1 cm³/mol. The van der Waals surface area contributed by atoms with Gasteiger partial charge < -0.3 is 20.1 Å². The van der Waals surface area contributed by atoms with E-state index in [1.165, 1.54) is 23.1 Å². The number of morpholine rings is 1. The number of carbonyl (C=O) groups excluding carboxylic acids is 2. The summed E-state index contributed by atoms with van der Waals surface area (Å²) in [6.45, 7) is 4.08. The summed E-state index contributed by atoms with van der Waals surface area (Å²) in [5.74, 6) is -0.252. The number of hydrogen-bond acceptors (Lipinski definition) is 9. The Morgan fingerprint density at radius 3 is 3.14 bits per heavy atom. The third-order valence-corrected chi connectivity index (χ3v) is 4.65. The van der Waals surface area contributed by atoms with Crippen LogP contribution in [-0.4, -0.2) is 60.2 Å². The minimum absolute atomic E-state index is 0.0272. The van der Waals surface area contributed by atoms with E-state index < -0.39 is 0 Å². The Labute approximate surface area is 136 Å². The van der Waals surface area contributed by atoms with Crippen LogP contribution in [0.5, 0.6) is 0 Å². The lowest BCUT2D eigenvalue weighted by molar-refractivity contribution is -0.139. The molecule has 0 aliphatic carbocycles. The van der Waals surface area contributed by atoms with Crippen molar-refractivity contribution in [3.05, 3.63) is 0 Å². The largest absolute Gasteiger partial charge is 0.465 e. The van der Waals surface area contributed by atoms with E-state index >= 15 is 0 Å². The van der Waals surface area contributed by atoms with Crippen LogP contribution in [0.3, 0.4) is 0 Å². The minimum atomic E-state index is -0.295. The number of amides is 1. The number of anilines is 1. The summed E-state index contributed by atoms with van der Waals surface area (Å²) in [4.78, 5) is 23.1. The third kappa shape index (κ3) is 5.87. The molecule has 1 aliphatic heterocycles. The lowest BCUT2D eigenvalue weighted by Crippen LogP contribution is -2.43. The highest BCUT2D eigenvalue weighted by atomic mass is 32.2. The number of thioether (sulfide) groups is 1. The topological polar surface area (TPSA) is 102 Å². The summed E-state index contributed by atoms with van der Waals surface area (Å²) >= 11 is 2.47. The zero-order chi connectivity index (χ0) is 15.8. The van der Waals surface area contributed by atoms with Crippen LogP contribution in [0, 0.1) is 0 Å². The molecule has 0 radical (unpaired) electrons. The highest BCUT2D eigenvalue weighted by Crippen LogP contribution is 2.25. The van der Waals surface area contributed by atoms with Crippen LogP contribution in [0.2, 0.25) is 0 Å². The quantitative estimate of drug-likeness (QED) is 0.418. The molecular weight excluding hydrogens is 328 g/mol. The van der Waals surface area contributed by atoms with Gasteiger partial charge in [0.2, 0.25) is 11.0 Å². The van der Waals surface area contributed by atoms with Crippen molar-refractivity contribution in [2.24, 2.45) is 0 Å². The number of aromatic nitrogens is 2. The maximum atomic E-state index is 11.9. The molecule has 0 spiro atoms. The minimum Gasteiger partial charge on any atom is -0.465 e. The van der Waals surface area contributed by atoms with Gasteiger partial charge in [-0.1, -0.05) is 23.1 Å². The van der Waals surface area contributed by atoms with Crippen LogP contribution in [0.15, 0.2) is 4.34 Å². The molecule has 122 valence electrons. The fraction of sp³-hybridized carbons (Fsp3) is 0.667. The third-order valence-electron chi connectivity index (χ3n) is 2.70. The summed E-state index contributed by atoms with van der Waals surface area (Å²) in [5, 5.41) is 14.1. The van der Waals surface area contributed by atoms with E-state index in [-0.39, 0.29) is 23.7 Å². The van der Waals surface area contributed by atoms with Crippen LogP contribution in [0.4, 0.5) is 5.13 Å². The van der Waals surface area contributed by atoms with Crippen molar-refractivity contribution >= 4 is 40.1 Å². The average molecular weight is 346 g/mol. The van der Waals surface area contributed by atoms with Gasteiger partial charge >= 0.3 is 5.97 Å². The molecule has 2 N–H and O–H groups in total. The van der Waals surface area contributed by atoms with Crippen molar-refractivity contribution in [3.8, 4) is 0 Å². The number of ether oxygens (including phenoxy) is 2. The molecule has 1 fully saturated rings. The molecule has 10 heteroatoms. The number of carbonyl (C=O) groups is 2. The van der Waals surface area contributed by atoms with Gasteiger partial charge in [-0.3, -0.25) is 9.59 Å². The van der Waals surface area contributed by atoms with Crippen LogP contribution in [0.1, 0.15) is 13.3 Å². The molecule has 0 aromatic carbocycles. The molecule has 2 heterocycles. The molecule has 1 saturated heterocycles. The zero-order valence-corrected chi connectivity index (χ0v) is 13.8. The molecular formula is C12H18N4O4S2. The van der Waals surface area contributed by atoms with Gasteiger partial charge in [0.15, 0.2) is 4.34 Å². The summed E-state index contributed by atoms with van der Waals surface area (Å²) in [5.41, 5.74) is 0. The Hall–Kier alpha value is -1.23. The molecule has 1 unspecified atom stereocenters. The Kier molecular flexibility index (Phi) is 7.03. The maximum absolute atomic E-state index is 11.9. The van der Waals surface area contributed by atoms with Crippen molar-refractivity contribution in [3.63, 3.8) is 0 Å². The SMILES string of the molecule is CCOC(=O)CSc1nnc(NC(=O)CC2COCCN2)s1. The fourth-order valence-corrected chi connectivity index (χ4v) is 3.35. The molecule has 22 heavy (non-hydrogen) atoms. The second-order valence-electron chi connectivity index (χ2n) is 4.45. The Bertz CT molecular complexity index is 505. The standard InChI is InChI=1S/C12H18N4O4S2/c1-2-20-10(18)7-21-12-16-15-11(22-12)14-9(17)5-8-6-19-4-3-13-8/h8,13H,2-7H2,1H3,(H,14,15,17). The van der Waals surface area contributed by atoms with Gasteiger partial charge in [0.1, 0.15) is 0 Å². The Morgan fingerprint density at radius 2 is 2.41 bits per heavy atom. The van der Waals surface area contributed by atoms with E-state index in [2.05, 4.69) is 20.8 Å². The van der Waals surface area contributed by atoms with Crippen LogP contribution < -0.4 is 10.6 Å². The van der Waals surface area contributed by atoms with Gasteiger partial charge in [0.25, 0.3) is 0 Å². The molecule has 1 aromatic rings. The molecule has 0 bridgehead atoms. The van der Waals surface area contributed by atoms with Crippen molar-refractivity contribution in [2.45, 2.75) is 23.7 Å². The van der Waals surface area contributed by atoms with Crippen molar-refractivity contribution in [2.75, 3.05) is 37.4 Å². The molecule has 1 atom stereocenters. The van der Waals surface area contributed by atoms with Gasteiger partial charge in [-0.2, -0.15) is 0 Å². The molecule has 2 rings (SSSR count). The van der Waals surface area contributed by atoms with Gasteiger partial charge in [-0.15, -0.1) is 10.2 Å². The summed E-state index contributed by atoms with van der Waals surface area (Å²) in [6.07, 6.45) is 0.324. The number of esters is 1. The van der Waals surface area contributed by atoms with E-state index in [0.717, 1.165) is 6.54 Å². The summed E-state index contributed by atoms with van der Waals surface area (Å²) in [6, 6.07) is 0.0272. The van der Waals surface area contributed by atoms with Crippen LogP contribution in [0.25, 0.3) is 0 Å². The Morgan fingerprint density at radius 1 is 1.55 bits per heavy atom. The molecule has 8 nitrogen and oxygen atoms in total. The monoisotopic (exact) mass is 346 g/mol. The first-order chi connectivity index (χ1) is 10.7. The summed E-state index contributed by atoms with van der Waals surface area (Å²) in [7, 11) is 0. The molecule has 1 aliphatic rings. The predicted octanol–water partition coefficient (Wildman–Crippen LogP) is 0.510. The van der Waals surface area contributed by atoms with Crippen LogP contribution >= 0.6 is 23.1 Å². The highest BCUT2D eigenvalue weighted by Gasteiger charge is 2.18. The zero-order valence-electron chi connectivity index (χ0n) is 12.2. The lowest BCUT2D eigenvalue weighted by Gasteiger charge is -2.22. The normalized spacial score (nSPS) is 18.0. The first-order valence-corrected chi connectivity index (χ1v) is 8.70. The van der Waals surface area contributed by atoms with E-state index in [9.17, 15) is 9.59 Å². The van der Waals surface area contributed by atoms with E-state index in [0.29, 0.717) is 35.7 Å². The smallest absolute Gasteiger partial charge is 0.316 e. The van der Waals surface area contributed by atoms with Gasteiger partial charge in [0.05, 0.1) is 25.6 Å². The van der Waals surface area contributed by atoms with E-state index in [4.69, 9.17) is 9.47 Å². The number of nitrogens with zero attached hydrogens (tertiary/aromatic N) is 2. The molecule has 1 amide bonds. The first-order valence-electron chi connectivity index (χ1n) is 6.90. The van der Waals surface area contributed by atoms with Crippen LogP contribution in [-0.2, 0) is 19.1 Å². The molecule has 1 aromatic heterocycles. The average Bonchev–Trinajstić information content (AvgIpc) is 2.94. The van der Waals surface area contributed by atoms with Crippen molar-refractivity contribution in [1.82, 2.24) is 15.5 Å². The van der Waals surface area contributed by atoms with Gasteiger partial charge in [0, 0.05) is 19.0 Å². The first kappa shape index (κ1) is 17.1. The number of hydrogen-bond donors (Lipinski definition) is 2. The highest BCUT2D eigenvalue weighted by molar-refractivity contribution is 8.01. The Balaban J connectivity index is 1.73. The fourth-order valence-electron chi connectivity index (χ4n) is 1.79. The second kappa shape index (κ2) is 9.03. The number of rotatable bonds is 7. The van der Waals surface area contributed by atoms with E-state index in [1.807, 2.05) is 0 Å². The lowest BCUT2D eigenvalue weighted by atomic mass is 10.2. The van der Waals surface area contributed by atoms with E-state index in [1.54, 1.807) is 6.92 Å².